The van der Waals surface area contributed by atoms with Crippen molar-refractivity contribution < 1.29 is 24.2 Å². The maximum atomic E-state index is 14.8. The number of anilines is 1. The Morgan fingerprint density at radius 2 is 1.88 bits per heavy atom. The Morgan fingerprint density at radius 3 is 2.55 bits per heavy atom. The molecule has 0 saturated carbocycles. The molecule has 0 radical (unpaired) electrons. The van der Waals surface area contributed by atoms with Crippen LogP contribution >= 0.6 is 23.4 Å². The summed E-state index contributed by atoms with van der Waals surface area (Å²) in [6, 6.07) is 15.1. The predicted octanol–water partition coefficient (Wildman–Crippen LogP) is 5.06. The minimum Gasteiger partial charge on any atom is -0.465 e. The molecule has 42 heavy (non-hydrogen) atoms. The van der Waals surface area contributed by atoms with Crippen molar-refractivity contribution in [2.45, 2.75) is 54.2 Å². The second kappa shape index (κ2) is 12.3. The minimum absolute atomic E-state index is 0.180. The highest BCUT2D eigenvalue weighted by atomic mass is 35.5. The summed E-state index contributed by atoms with van der Waals surface area (Å²) in [5, 5.41) is 11.1. The number of likely N-dealkylation sites (tertiary alicyclic amines) is 1. The van der Waals surface area contributed by atoms with Gasteiger partial charge in [-0.15, -0.1) is 24.9 Å². The number of fused-ring (bicyclic) bond motifs is 1. The lowest BCUT2D eigenvalue weighted by Crippen LogP contribution is -2.58. The fourth-order valence-corrected chi connectivity index (χ4v) is 9.68. The lowest BCUT2D eigenvalue weighted by molar-refractivity contribution is -0.156. The summed E-state index contributed by atoms with van der Waals surface area (Å²) in [4.78, 5) is 46.2. The highest BCUT2D eigenvalue weighted by Gasteiger charge is 2.78. The highest BCUT2D eigenvalue weighted by molar-refractivity contribution is 8.02. The van der Waals surface area contributed by atoms with Crippen molar-refractivity contribution in [2.75, 3.05) is 24.7 Å². The number of thioether (sulfide) groups is 1. The number of rotatable bonds is 12. The molecule has 3 aliphatic rings. The Kier molecular flexibility index (Phi) is 8.88. The van der Waals surface area contributed by atoms with Gasteiger partial charge in [0.15, 0.2) is 0 Å². The number of hydrogen-bond acceptors (Lipinski definition) is 6. The van der Waals surface area contributed by atoms with Crippen LogP contribution in [0.3, 0.4) is 0 Å². The number of carbonyl (C=O) groups is 3. The first kappa shape index (κ1) is 30.4. The first-order chi connectivity index (χ1) is 20.2. The van der Waals surface area contributed by atoms with Crippen molar-refractivity contribution in [3.05, 3.63) is 90.5 Å². The zero-order valence-corrected chi connectivity index (χ0v) is 25.4. The molecule has 2 unspecified atom stereocenters. The molecule has 3 heterocycles. The van der Waals surface area contributed by atoms with Crippen LogP contribution in [-0.2, 0) is 25.5 Å². The van der Waals surface area contributed by atoms with Crippen molar-refractivity contribution in [1.82, 2.24) is 4.90 Å². The van der Waals surface area contributed by atoms with Crippen LogP contribution in [0.2, 0.25) is 5.02 Å². The Hall–Kier alpha value is -3.07. The van der Waals surface area contributed by atoms with E-state index in [9.17, 15) is 19.5 Å². The number of hydrogen-bond donors (Lipinski definition) is 1. The average Bonchev–Trinajstić information content (AvgIpc) is 3.56. The van der Waals surface area contributed by atoms with Gasteiger partial charge in [-0.3, -0.25) is 14.4 Å². The van der Waals surface area contributed by atoms with Crippen molar-refractivity contribution in [3.63, 3.8) is 0 Å². The van der Waals surface area contributed by atoms with Gasteiger partial charge in [-0.1, -0.05) is 66.2 Å². The summed E-state index contributed by atoms with van der Waals surface area (Å²) in [7, 11) is 0. The summed E-state index contributed by atoms with van der Waals surface area (Å²) >= 11 is 8.15. The Bertz CT molecular complexity index is 1370. The van der Waals surface area contributed by atoms with Crippen LogP contribution in [0.4, 0.5) is 5.69 Å². The number of benzene rings is 2. The number of halogens is 1. The number of aliphatic hydroxyl groups is 1. The SMILES string of the molecule is C=CCCOC(=O)[C@@H]1[C@H]2C(=O)N([C@@H](CO)Cc3ccccc3)C(C(=O)N(CC=C)c3ccccc3Cl)C23CC[C@@]1(C)S3. The van der Waals surface area contributed by atoms with Crippen LogP contribution in [0.15, 0.2) is 79.9 Å². The number of ether oxygens (including phenoxy) is 1. The van der Waals surface area contributed by atoms with Crippen LogP contribution in [0, 0.1) is 11.8 Å². The number of amides is 2. The maximum absolute atomic E-state index is 14.8. The molecule has 9 heteroatoms. The second-order valence-corrected chi connectivity index (χ2v) is 13.7. The molecule has 2 amide bonds. The van der Waals surface area contributed by atoms with Crippen LogP contribution in [0.1, 0.15) is 31.7 Å². The third-order valence-corrected chi connectivity index (χ3v) is 11.2. The van der Waals surface area contributed by atoms with Crippen LogP contribution in [0.5, 0.6) is 0 Å². The van der Waals surface area contributed by atoms with Crippen LogP contribution in [-0.4, -0.2) is 69.1 Å². The van der Waals surface area contributed by atoms with Gasteiger partial charge < -0.3 is 19.6 Å². The van der Waals surface area contributed by atoms with E-state index in [-0.39, 0.29) is 31.6 Å². The molecule has 2 aromatic carbocycles. The molecule has 3 aliphatic heterocycles. The van der Waals surface area contributed by atoms with E-state index in [0.717, 1.165) is 5.56 Å². The zero-order chi connectivity index (χ0) is 30.1. The molecule has 3 fully saturated rings. The van der Waals surface area contributed by atoms with Crippen LogP contribution < -0.4 is 4.90 Å². The normalized spacial score (nSPS) is 28.3. The summed E-state index contributed by atoms with van der Waals surface area (Å²) in [6.45, 7) is 9.60. The first-order valence-corrected chi connectivity index (χ1v) is 15.5. The van der Waals surface area contributed by atoms with E-state index < -0.39 is 39.4 Å². The van der Waals surface area contributed by atoms with Gasteiger partial charge in [0.1, 0.15) is 6.04 Å². The van der Waals surface area contributed by atoms with Gasteiger partial charge in [-0.2, -0.15) is 0 Å². The fourth-order valence-electron chi connectivity index (χ4n) is 7.12. The van der Waals surface area contributed by atoms with Gasteiger partial charge in [0.2, 0.25) is 5.91 Å². The van der Waals surface area contributed by atoms with Crippen LogP contribution in [0.25, 0.3) is 0 Å². The first-order valence-electron chi connectivity index (χ1n) is 14.3. The monoisotopic (exact) mass is 608 g/mol. The maximum Gasteiger partial charge on any atom is 0.311 e. The van der Waals surface area contributed by atoms with E-state index in [1.807, 2.05) is 37.3 Å². The smallest absolute Gasteiger partial charge is 0.311 e. The zero-order valence-electron chi connectivity index (χ0n) is 23.8. The molecule has 6 atom stereocenters. The standard InChI is InChI=1S/C33H37ClN2O5S/c1-4-6-19-41-31(40)27-26-29(38)36(23(21-37)20-22-12-8-7-9-13-22)28(33(26)17-16-32(27,3)42-33)30(39)35(18-5-2)25-15-11-10-14-24(25)34/h4-5,7-15,23,26-28,37H,1-2,6,16-21H2,3H3/t23-,26+,27+,28?,32-,33?/m1/s1. The van der Waals surface area contributed by atoms with Crippen molar-refractivity contribution in [2.24, 2.45) is 11.8 Å². The summed E-state index contributed by atoms with van der Waals surface area (Å²) in [5.41, 5.74) is 1.45. The summed E-state index contributed by atoms with van der Waals surface area (Å²) < 4.78 is 4.23. The Labute approximate surface area is 256 Å². The van der Waals surface area contributed by atoms with E-state index in [4.69, 9.17) is 16.3 Å². The Balaban J connectivity index is 1.61. The summed E-state index contributed by atoms with van der Waals surface area (Å²) in [6.07, 6.45) is 5.43. The molecule has 222 valence electrons. The molecule has 2 bridgehead atoms. The molecular formula is C33H37ClN2O5S. The summed E-state index contributed by atoms with van der Waals surface area (Å²) in [5.74, 6) is -2.48. The van der Waals surface area contributed by atoms with Gasteiger partial charge in [-0.05, 0) is 50.3 Å². The molecule has 3 saturated heterocycles. The van der Waals surface area contributed by atoms with Gasteiger partial charge in [0, 0.05) is 11.3 Å². The number of para-hydroxylation sites is 1. The van der Waals surface area contributed by atoms with Gasteiger partial charge in [0.25, 0.3) is 5.91 Å². The molecular weight excluding hydrogens is 572 g/mol. The topological polar surface area (TPSA) is 87.1 Å². The van der Waals surface area contributed by atoms with Gasteiger partial charge >= 0.3 is 5.97 Å². The quantitative estimate of drug-likeness (QED) is 0.206. The van der Waals surface area contributed by atoms with E-state index in [1.54, 1.807) is 58.0 Å². The Morgan fingerprint density at radius 1 is 1.17 bits per heavy atom. The van der Waals surface area contributed by atoms with E-state index in [0.29, 0.717) is 36.4 Å². The van der Waals surface area contributed by atoms with Crippen molar-refractivity contribution in [1.29, 1.82) is 0 Å². The second-order valence-electron chi connectivity index (χ2n) is 11.4. The van der Waals surface area contributed by atoms with Gasteiger partial charge in [0.05, 0.1) is 46.5 Å². The molecule has 1 spiro atoms. The lowest BCUT2D eigenvalue weighted by Gasteiger charge is -2.39. The fraction of sp³-hybridized carbons (Fsp3) is 0.424. The van der Waals surface area contributed by atoms with E-state index in [1.165, 1.54) is 0 Å². The van der Waals surface area contributed by atoms with E-state index in [2.05, 4.69) is 13.2 Å². The van der Waals surface area contributed by atoms with Crippen molar-refractivity contribution >= 4 is 46.8 Å². The van der Waals surface area contributed by atoms with E-state index >= 15 is 0 Å². The highest BCUT2D eigenvalue weighted by Crippen LogP contribution is 2.72. The molecule has 5 rings (SSSR count). The van der Waals surface area contributed by atoms with Gasteiger partial charge in [-0.25, -0.2) is 0 Å². The molecule has 0 aromatic heterocycles. The minimum atomic E-state index is -0.926. The average molecular weight is 609 g/mol. The molecule has 1 N–H and O–H groups in total. The number of aliphatic hydroxyl groups excluding tert-OH is 1. The molecule has 0 aliphatic carbocycles. The van der Waals surface area contributed by atoms with Crippen molar-refractivity contribution in [3.8, 4) is 0 Å². The number of carbonyl (C=O) groups excluding carboxylic acids is 3. The predicted molar refractivity (Wildman–Crippen MR) is 166 cm³/mol. The lowest BCUT2D eigenvalue weighted by atomic mass is 9.66. The largest absolute Gasteiger partial charge is 0.465 e. The number of nitrogens with zero attached hydrogens (tertiary/aromatic N) is 2. The third kappa shape index (κ3) is 5.07. The molecule has 7 nitrogen and oxygen atoms in total. The molecule has 2 aromatic rings. The number of esters is 1. The third-order valence-electron chi connectivity index (χ3n) is 8.91.